The van der Waals surface area contributed by atoms with E-state index in [1.807, 2.05) is 0 Å². The minimum absolute atomic E-state index is 0.107. The third-order valence-electron chi connectivity index (χ3n) is 3.31. The quantitative estimate of drug-likeness (QED) is 0.786. The Hall–Kier alpha value is -0.340. The number of rotatable bonds is 6. The Morgan fingerprint density at radius 2 is 1.84 bits per heavy atom. The van der Waals surface area contributed by atoms with Gasteiger partial charge in [0.2, 0.25) is 10.0 Å². The molecule has 0 saturated heterocycles. The highest BCUT2D eigenvalue weighted by Gasteiger charge is 2.28. The molecule has 1 saturated carbocycles. The predicted molar refractivity (Wildman–Crippen MR) is 65.0 cm³/mol. The largest absolute Gasteiger partial charge is 0.393 e. The molecule has 19 heavy (non-hydrogen) atoms. The molecule has 0 aromatic carbocycles. The van der Waals surface area contributed by atoms with Crippen LogP contribution in [0.5, 0.6) is 0 Å². The minimum Gasteiger partial charge on any atom is -0.393 e. The van der Waals surface area contributed by atoms with Gasteiger partial charge in [-0.25, -0.2) is 13.1 Å². The van der Waals surface area contributed by atoms with Crippen molar-refractivity contribution < 1.29 is 26.7 Å². The first-order chi connectivity index (χ1) is 8.70. The number of aliphatic hydroxyl groups excluding tert-OH is 1. The molecule has 0 aromatic heterocycles. The Kier molecular flexibility index (Phi) is 6.07. The molecule has 0 aliphatic heterocycles. The zero-order valence-corrected chi connectivity index (χ0v) is 11.4. The maximum atomic E-state index is 11.9. The van der Waals surface area contributed by atoms with Crippen LogP contribution in [-0.2, 0) is 10.0 Å². The van der Waals surface area contributed by atoms with Crippen molar-refractivity contribution in [3.8, 4) is 0 Å². The summed E-state index contributed by atoms with van der Waals surface area (Å²) in [6.45, 7) is 0.107. The zero-order valence-electron chi connectivity index (χ0n) is 10.6. The normalized spacial score (nSPS) is 25.5. The number of aliphatic hydroxyl groups is 1. The summed E-state index contributed by atoms with van der Waals surface area (Å²) in [7, 11) is -3.69. The number of nitrogens with one attached hydrogen (secondary N) is 1. The van der Waals surface area contributed by atoms with Crippen LogP contribution in [0.15, 0.2) is 0 Å². The summed E-state index contributed by atoms with van der Waals surface area (Å²) < 4.78 is 61.0. The fraction of sp³-hybridized carbons (Fsp3) is 1.00. The van der Waals surface area contributed by atoms with E-state index in [0.717, 1.165) is 19.3 Å². The van der Waals surface area contributed by atoms with Crippen molar-refractivity contribution in [3.05, 3.63) is 0 Å². The molecular formula is C11H20F3NO3S. The molecule has 1 rings (SSSR count). The van der Waals surface area contributed by atoms with Crippen molar-refractivity contribution in [2.45, 2.75) is 50.8 Å². The first kappa shape index (κ1) is 16.7. The van der Waals surface area contributed by atoms with Crippen LogP contribution in [0.2, 0.25) is 0 Å². The zero-order chi connectivity index (χ0) is 14.5. The second-order valence-electron chi connectivity index (χ2n) is 5.00. The van der Waals surface area contributed by atoms with E-state index >= 15 is 0 Å². The van der Waals surface area contributed by atoms with Crippen LogP contribution in [0.25, 0.3) is 0 Å². The van der Waals surface area contributed by atoms with Gasteiger partial charge in [0.05, 0.1) is 11.9 Å². The van der Waals surface area contributed by atoms with Crippen LogP contribution >= 0.6 is 0 Å². The van der Waals surface area contributed by atoms with Gasteiger partial charge in [0, 0.05) is 13.0 Å². The van der Waals surface area contributed by atoms with Gasteiger partial charge in [-0.05, 0) is 25.2 Å². The Bertz CT molecular complexity index is 370. The van der Waals surface area contributed by atoms with E-state index < -0.39 is 40.9 Å². The molecule has 2 atom stereocenters. The van der Waals surface area contributed by atoms with Crippen molar-refractivity contribution in [1.29, 1.82) is 0 Å². The molecule has 1 fully saturated rings. The molecule has 1 aliphatic carbocycles. The van der Waals surface area contributed by atoms with Crippen molar-refractivity contribution in [3.63, 3.8) is 0 Å². The Morgan fingerprint density at radius 1 is 1.21 bits per heavy atom. The molecule has 0 aromatic rings. The lowest BCUT2D eigenvalue weighted by Crippen LogP contribution is -2.37. The van der Waals surface area contributed by atoms with E-state index in [-0.39, 0.29) is 12.5 Å². The van der Waals surface area contributed by atoms with Gasteiger partial charge in [-0.15, -0.1) is 0 Å². The summed E-state index contributed by atoms with van der Waals surface area (Å²) >= 11 is 0. The summed E-state index contributed by atoms with van der Waals surface area (Å²) in [4.78, 5) is 0. The maximum absolute atomic E-state index is 11.9. The summed E-state index contributed by atoms with van der Waals surface area (Å²) in [6.07, 6.45) is -3.12. The van der Waals surface area contributed by atoms with Gasteiger partial charge in [0.25, 0.3) is 0 Å². The van der Waals surface area contributed by atoms with Crippen LogP contribution in [0.1, 0.15) is 38.5 Å². The number of sulfonamides is 1. The third-order valence-corrected chi connectivity index (χ3v) is 4.74. The number of alkyl halides is 3. The average Bonchev–Trinajstić information content (AvgIpc) is 2.26. The van der Waals surface area contributed by atoms with Crippen molar-refractivity contribution >= 4 is 10.0 Å². The van der Waals surface area contributed by atoms with Crippen LogP contribution in [0.4, 0.5) is 13.2 Å². The van der Waals surface area contributed by atoms with E-state index in [0.29, 0.717) is 6.42 Å². The Morgan fingerprint density at radius 3 is 2.42 bits per heavy atom. The van der Waals surface area contributed by atoms with E-state index in [1.165, 1.54) is 0 Å². The number of hydrogen-bond acceptors (Lipinski definition) is 3. The molecule has 0 radical (unpaired) electrons. The van der Waals surface area contributed by atoms with Gasteiger partial charge in [0.15, 0.2) is 0 Å². The maximum Gasteiger partial charge on any atom is 0.389 e. The molecule has 0 amide bonds. The highest BCUT2D eigenvalue weighted by Crippen LogP contribution is 2.24. The molecule has 2 N–H and O–H groups in total. The van der Waals surface area contributed by atoms with Gasteiger partial charge in [-0.1, -0.05) is 12.8 Å². The van der Waals surface area contributed by atoms with Gasteiger partial charge in [0.1, 0.15) is 0 Å². The average molecular weight is 303 g/mol. The molecule has 2 unspecified atom stereocenters. The summed E-state index contributed by atoms with van der Waals surface area (Å²) in [5, 5.41) is 9.66. The van der Waals surface area contributed by atoms with Crippen molar-refractivity contribution in [2.75, 3.05) is 12.3 Å². The Labute approximate surface area is 111 Å². The van der Waals surface area contributed by atoms with Gasteiger partial charge in [-0.3, -0.25) is 0 Å². The summed E-state index contributed by atoms with van der Waals surface area (Å²) in [6, 6.07) is 0. The highest BCUT2D eigenvalue weighted by molar-refractivity contribution is 7.89. The second-order valence-corrected chi connectivity index (χ2v) is 6.92. The minimum atomic E-state index is -4.32. The lowest BCUT2D eigenvalue weighted by Gasteiger charge is -2.27. The predicted octanol–water partition coefficient (Wildman–Crippen LogP) is 1.80. The highest BCUT2D eigenvalue weighted by atomic mass is 32.2. The van der Waals surface area contributed by atoms with Crippen LogP contribution in [-0.4, -0.2) is 38.1 Å². The van der Waals surface area contributed by atoms with Crippen LogP contribution in [0.3, 0.4) is 0 Å². The van der Waals surface area contributed by atoms with Crippen LogP contribution in [0, 0.1) is 5.92 Å². The number of hydrogen-bond donors (Lipinski definition) is 2. The standard InChI is InChI=1S/C11H20F3NO3S/c12-11(13,14)6-3-7-19(17,18)15-8-9-4-1-2-5-10(9)16/h9-10,15-16H,1-8H2. The first-order valence-corrected chi connectivity index (χ1v) is 8.07. The molecule has 8 heteroatoms. The fourth-order valence-electron chi connectivity index (χ4n) is 2.19. The topological polar surface area (TPSA) is 66.4 Å². The molecular weight excluding hydrogens is 283 g/mol. The van der Waals surface area contributed by atoms with E-state index in [2.05, 4.69) is 4.72 Å². The SMILES string of the molecule is O=S(=O)(CCCC(F)(F)F)NCC1CCCCC1O. The van der Waals surface area contributed by atoms with E-state index in [4.69, 9.17) is 0 Å². The molecule has 1 aliphatic rings. The van der Waals surface area contributed by atoms with E-state index in [9.17, 15) is 26.7 Å². The fourth-order valence-corrected chi connectivity index (χ4v) is 3.33. The molecule has 114 valence electrons. The summed E-state index contributed by atoms with van der Waals surface area (Å²) in [5.41, 5.74) is 0. The molecule has 0 bridgehead atoms. The monoisotopic (exact) mass is 303 g/mol. The first-order valence-electron chi connectivity index (χ1n) is 6.42. The van der Waals surface area contributed by atoms with Crippen LogP contribution < -0.4 is 4.72 Å². The Balaban J connectivity index is 2.30. The van der Waals surface area contributed by atoms with Crippen molar-refractivity contribution in [2.24, 2.45) is 5.92 Å². The van der Waals surface area contributed by atoms with Crippen molar-refractivity contribution in [1.82, 2.24) is 4.72 Å². The third kappa shape index (κ3) is 7.12. The van der Waals surface area contributed by atoms with Gasteiger partial charge >= 0.3 is 6.18 Å². The lowest BCUT2D eigenvalue weighted by molar-refractivity contribution is -0.134. The van der Waals surface area contributed by atoms with E-state index in [1.54, 1.807) is 0 Å². The smallest absolute Gasteiger partial charge is 0.389 e. The summed E-state index contributed by atoms with van der Waals surface area (Å²) in [5.74, 6) is -0.666. The second kappa shape index (κ2) is 6.90. The van der Waals surface area contributed by atoms with Gasteiger partial charge in [-0.2, -0.15) is 13.2 Å². The molecule has 0 spiro atoms. The molecule has 0 heterocycles. The molecule has 4 nitrogen and oxygen atoms in total. The van der Waals surface area contributed by atoms with Gasteiger partial charge < -0.3 is 5.11 Å². The number of halogens is 3. The lowest BCUT2D eigenvalue weighted by atomic mass is 9.87.